The molecule has 0 bridgehead atoms. The van der Waals surface area contributed by atoms with E-state index in [2.05, 4.69) is 34.5 Å². The molecule has 0 aromatic rings. The maximum atomic E-state index is 3.67. The Morgan fingerprint density at radius 2 is 2.00 bits per heavy atom. The van der Waals surface area contributed by atoms with Gasteiger partial charge in [-0.2, -0.15) is 0 Å². The summed E-state index contributed by atoms with van der Waals surface area (Å²) in [4.78, 5) is 4.81. The highest BCUT2D eigenvalue weighted by Gasteiger charge is 2.21. The smallest absolute Gasteiger partial charge is 0.0320 e. The van der Waals surface area contributed by atoms with Gasteiger partial charge in [0.05, 0.1) is 0 Å². The van der Waals surface area contributed by atoms with Crippen LogP contribution >= 0.6 is 0 Å². The van der Waals surface area contributed by atoms with Gasteiger partial charge in [-0.3, -0.25) is 0 Å². The summed E-state index contributed by atoms with van der Waals surface area (Å²) in [6, 6.07) is 1.35. The third-order valence-corrected chi connectivity index (χ3v) is 3.50. The zero-order chi connectivity index (χ0) is 10.7. The Labute approximate surface area is 93.0 Å². The first-order valence-corrected chi connectivity index (χ1v) is 6.08. The highest BCUT2D eigenvalue weighted by atomic mass is 15.2. The minimum Gasteiger partial charge on any atom is -0.311 e. The summed E-state index contributed by atoms with van der Waals surface area (Å²) >= 11 is 0. The quantitative estimate of drug-likeness (QED) is 0.640. The van der Waals surface area contributed by atoms with Crippen molar-refractivity contribution in [3.63, 3.8) is 0 Å². The van der Waals surface area contributed by atoms with Gasteiger partial charge in [0.2, 0.25) is 0 Å². The van der Waals surface area contributed by atoms with Gasteiger partial charge in [0.25, 0.3) is 0 Å². The predicted molar refractivity (Wildman–Crippen MR) is 63.2 cm³/mol. The number of nitrogens with one attached hydrogen (secondary N) is 2. The fraction of sp³-hybridized carbons (Fsp3) is 1.00. The summed E-state index contributed by atoms with van der Waals surface area (Å²) < 4.78 is 0. The number of likely N-dealkylation sites (N-methyl/N-ethyl adjacent to an activating group) is 2. The summed E-state index contributed by atoms with van der Waals surface area (Å²) in [7, 11) is 4.41. The second-order valence-corrected chi connectivity index (χ2v) is 5.07. The van der Waals surface area contributed by atoms with Gasteiger partial charge in [-0.05, 0) is 27.1 Å². The van der Waals surface area contributed by atoms with Crippen molar-refractivity contribution >= 4 is 0 Å². The molecule has 2 fully saturated rings. The number of nitrogens with zero attached hydrogens (tertiary/aromatic N) is 2. The van der Waals surface area contributed by atoms with E-state index in [9.17, 15) is 0 Å². The first kappa shape index (κ1) is 11.3. The van der Waals surface area contributed by atoms with E-state index in [1.165, 1.54) is 32.6 Å². The van der Waals surface area contributed by atoms with Crippen LogP contribution in [0, 0.1) is 0 Å². The molecule has 0 aliphatic carbocycles. The Kier molecular flexibility index (Phi) is 3.97. The van der Waals surface area contributed by atoms with Crippen molar-refractivity contribution in [3.05, 3.63) is 0 Å². The Morgan fingerprint density at radius 3 is 2.67 bits per heavy atom. The summed E-state index contributed by atoms with van der Waals surface area (Å²) in [6.45, 7) is 7.06. The van der Waals surface area contributed by atoms with Crippen molar-refractivity contribution in [2.45, 2.75) is 18.5 Å². The van der Waals surface area contributed by atoms with Crippen LogP contribution in [0.2, 0.25) is 0 Å². The Morgan fingerprint density at radius 1 is 1.20 bits per heavy atom. The summed E-state index contributed by atoms with van der Waals surface area (Å²) in [5.74, 6) is 0. The SMILES string of the molecule is CN1CCC(NCC2CN(C)CCN2)C1. The standard InChI is InChI=1S/C11H24N4/c1-14-5-3-10(8-14)13-7-11-9-15(2)6-4-12-11/h10-13H,3-9H2,1-2H3. The van der Waals surface area contributed by atoms with E-state index in [4.69, 9.17) is 0 Å². The molecule has 0 aromatic heterocycles. The first-order chi connectivity index (χ1) is 7.24. The fourth-order valence-corrected chi connectivity index (χ4v) is 2.54. The highest BCUT2D eigenvalue weighted by Crippen LogP contribution is 2.06. The molecule has 2 unspecified atom stereocenters. The van der Waals surface area contributed by atoms with E-state index in [-0.39, 0.29) is 0 Å². The number of rotatable bonds is 3. The first-order valence-electron chi connectivity index (χ1n) is 6.08. The van der Waals surface area contributed by atoms with E-state index in [1.54, 1.807) is 0 Å². The molecular weight excluding hydrogens is 188 g/mol. The minimum atomic E-state index is 0.634. The van der Waals surface area contributed by atoms with Gasteiger partial charge >= 0.3 is 0 Å². The topological polar surface area (TPSA) is 30.5 Å². The van der Waals surface area contributed by atoms with E-state index in [0.717, 1.165) is 13.1 Å². The lowest BCUT2D eigenvalue weighted by atomic mass is 10.2. The fourth-order valence-electron chi connectivity index (χ4n) is 2.54. The van der Waals surface area contributed by atoms with Crippen LogP contribution in [0.1, 0.15) is 6.42 Å². The molecule has 2 rings (SSSR count). The van der Waals surface area contributed by atoms with E-state index < -0.39 is 0 Å². The lowest BCUT2D eigenvalue weighted by Gasteiger charge is -2.31. The largest absolute Gasteiger partial charge is 0.311 e. The van der Waals surface area contributed by atoms with Gasteiger partial charge < -0.3 is 20.4 Å². The van der Waals surface area contributed by atoms with Crippen molar-refractivity contribution in [2.75, 3.05) is 53.4 Å². The molecule has 0 radical (unpaired) electrons. The zero-order valence-electron chi connectivity index (χ0n) is 10.00. The monoisotopic (exact) mass is 212 g/mol. The molecular formula is C11H24N4. The van der Waals surface area contributed by atoms with Crippen LogP contribution in [0.25, 0.3) is 0 Å². The van der Waals surface area contributed by atoms with E-state index in [0.29, 0.717) is 12.1 Å². The molecule has 2 N–H and O–H groups in total. The van der Waals surface area contributed by atoms with Crippen LogP contribution in [0.3, 0.4) is 0 Å². The molecule has 4 nitrogen and oxygen atoms in total. The van der Waals surface area contributed by atoms with Crippen LogP contribution in [0.4, 0.5) is 0 Å². The molecule has 15 heavy (non-hydrogen) atoms. The van der Waals surface area contributed by atoms with Crippen molar-refractivity contribution < 1.29 is 0 Å². The Hall–Kier alpha value is -0.160. The Balaban J connectivity index is 1.64. The van der Waals surface area contributed by atoms with Crippen LogP contribution < -0.4 is 10.6 Å². The maximum absolute atomic E-state index is 3.67. The second-order valence-electron chi connectivity index (χ2n) is 5.07. The normalized spacial score (nSPS) is 34.8. The maximum Gasteiger partial charge on any atom is 0.0320 e. The van der Waals surface area contributed by atoms with Crippen molar-refractivity contribution in [1.82, 2.24) is 20.4 Å². The van der Waals surface area contributed by atoms with Crippen molar-refractivity contribution in [3.8, 4) is 0 Å². The van der Waals surface area contributed by atoms with Crippen LogP contribution in [-0.4, -0.2) is 75.2 Å². The second kappa shape index (κ2) is 5.25. The molecule has 0 saturated carbocycles. The minimum absolute atomic E-state index is 0.634. The lowest BCUT2D eigenvalue weighted by Crippen LogP contribution is -2.54. The summed E-state index contributed by atoms with van der Waals surface area (Å²) in [6.07, 6.45) is 1.30. The summed E-state index contributed by atoms with van der Waals surface area (Å²) in [5, 5.41) is 7.24. The van der Waals surface area contributed by atoms with Crippen LogP contribution in [0.5, 0.6) is 0 Å². The predicted octanol–water partition coefficient (Wildman–Crippen LogP) is -0.816. The van der Waals surface area contributed by atoms with Gasteiger partial charge in [0.15, 0.2) is 0 Å². The summed E-state index contributed by atoms with van der Waals surface area (Å²) in [5.41, 5.74) is 0. The average Bonchev–Trinajstić information content (AvgIpc) is 2.62. The van der Waals surface area contributed by atoms with E-state index in [1.807, 2.05) is 0 Å². The van der Waals surface area contributed by atoms with Crippen molar-refractivity contribution in [2.24, 2.45) is 0 Å². The van der Waals surface area contributed by atoms with Gasteiger partial charge in [0, 0.05) is 44.8 Å². The Bertz CT molecular complexity index is 197. The van der Waals surface area contributed by atoms with Crippen molar-refractivity contribution in [1.29, 1.82) is 0 Å². The number of likely N-dealkylation sites (tertiary alicyclic amines) is 1. The van der Waals surface area contributed by atoms with Crippen LogP contribution in [-0.2, 0) is 0 Å². The molecule has 0 aromatic carbocycles. The third kappa shape index (κ3) is 3.41. The van der Waals surface area contributed by atoms with Crippen LogP contribution in [0.15, 0.2) is 0 Å². The number of hydrogen-bond donors (Lipinski definition) is 2. The molecule has 4 heteroatoms. The van der Waals surface area contributed by atoms with Gasteiger partial charge in [-0.15, -0.1) is 0 Å². The molecule has 0 amide bonds. The zero-order valence-corrected chi connectivity index (χ0v) is 10.00. The molecule has 2 heterocycles. The third-order valence-electron chi connectivity index (χ3n) is 3.50. The molecule has 88 valence electrons. The average molecular weight is 212 g/mol. The van der Waals surface area contributed by atoms with Gasteiger partial charge in [-0.1, -0.05) is 0 Å². The van der Waals surface area contributed by atoms with Gasteiger partial charge in [-0.25, -0.2) is 0 Å². The van der Waals surface area contributed by atoms with Gasteiger partial charge in [0.1, 0.15) is 0 Å². The highest BCUT2D eigenvalue weighted by molar-refractivity contribution is 4.84. The molecule has 0 spiro atoms. The molecule has 2 saturated heterocycles. The number of piperazine rings is 1. The molecule has 2 aliphatic heterocycles. The lowest BCUT2D eigenvalue weighted by molar-refractivity contribution is 0.231. The molecule has 2 atom stereocenters. The molecule has 2 aliphatic rings. The van der Waals surface area contributed by atoms with E-state index >= 15 is 0 Å². The number of hydrogen-bond acceptors (Lipinski definition) is 4.